The molecule has 0 fully saturated rings. The zero-order chi connectivity index (χ0) is 10.4. The van der Waals surface area contributed by atoms with Crippen LogP contribution in [0.5, 0.6) is 0 Å². The van der Waals surface area contributed by atoms with Gasteiger partial charge in [0.1, 0.15) is 6.10 Å². The third kappa shape index (κ3) is 3.79. The summed E-state index contributed by atoms with van der Waals surface area (Å²) in [7, 11) is 1.96. The Kier molecular flexibility index (Phi) is 4.46. The number of carbonyl (C=O) groups excluding carboxylic acids is 1. The second-order valence-electron chi connectivity index (χ2n) is 3.54. The number of ether oxygens (including phenoxy) is 1. The van der Waals surface area contributed by atoms with Gasteiger partial charge < -0.3 is 15.8 Å². The lowest BCUT2D eigenvalue weighted by atomic mass is 9.99. The Labute approximate surface area is 84.5 Å². The molecule has 0 aromatic heterocycles. The van der Waals surface area contributed by atoms with E-state index in [2.05, 4.69) is 11.4 Å². The van der Waals surface area contributed by atoms with E-state index in [9.17, 15) is 4.79 Å². The number of allylic oxidation sites excluding steroid dienone is 1. The molecule has 3 N–H and O–H groups in total. The zero-order valence-corrected chi connectivity index (χ0v) is 8.53. The average molecular weight is 198 g/mol. The first-order valence-corrected chi connectivity index (χ1v) is 5.02. The Morgan fingerprint density at radius 2 is 2.29 bits per heavy atom. The van der Waals surface area contributed by atoms with Crippen molar-refractivity contribution in [1.82, 2.24) is 5.32 Å². The average Bonchev–Trinajstić information content (AvgIpc) is 2.10. The number of primary amides is 1. The molecule has 0 aromatic rings. The Morgan fingerprint density at radius 3 is 2.93 bits per heavy atom. The van der Waals surface area contributed by atoms with E-state index in [-0.39, 0.29) is 6.10 Å². The SMILES string of the molecule is CNC1CC/C=C/C(OC(N)=O)CC1. The molecular weight excluding hydrogens is 180 g/mol. The number of carbonyl (C=O) groups is 1. The summed E-state index contributed by atoms with van der Waals surface area (Å²) in [5.41, 5.74) is 4.97. The third-order valence-corrected chi connectivity index (χ3v) is 2.51. The molecule has 1 aliphatic rings. The third-order valence-electron chi connectivity index (χ3n) is 2.51. The van der Waals surface area contributed by atoms with Crippen LogP contribution in [0.25, 0.3) is 0 Å². The van der Waals surface area contributed by atoms with Crippen LogP contribution in [-0.4, -0.2) is 25.3 Å². The van der Waals surface area contributed by atoms with E-state index in [0.29, 0.717) is 6.04 Å². The van der Waals surface area contributed by atoms with Crippen LogP contribution in [0.15, 0.2) is 12.2 Å². The quantitative estimate of drug-likeness (QED) is 0.655. The predicted molar refractivity (Wildman–Crippen MR) is 54.9 cm³/mol. The van der Waals surface area contributed by atoms with Gasteiger partial charge in [-0.1, -0.05) is 6.08 Å². The van der Waals surface area contributed by atoms with Crippen LogP contribution in [0, 0.1) is 0 Å². The summed E-state index contributed by atoms with van der Waals surface area (Å²) < 4.78 is 4.94. The second kappa shape index (κ2) is 5.65. The monoisotopic (exact) mass is 198 g/mol. The van der Waals surface area contributed by atoms with E-state index >= 15 is 0 Å². The highest BCUT2D eigenvalue weighted by Gasteiger charge is 2.14. The number of rotatable bonds is 2. The van der Waals surface area contributed by atoms with Crippen LogP contribution in [0.3, 0.4) is 0 Å². The lowest BCUT2D eigenvalue weighted by Gasteiger charge is -2.20. The van der Waals surface area contributed by atoms with Crippen LogP contribution < -0.4 is 11.1 Å². The maximum absolute atomic E-state index is 10.6. The molecule has 1 rings (SSSR count). The topological polar surface area (TPSA) is 64.3 Å². The molecule has 0 aromatic carbocycles. The largest absolute Gasteiger partial charge is 0.442 e. The Bertz CT molecular complexity index is 216. The van der Waals surface area contributed by atoms with Crippen LogP contribution in [0.2, 0.25) is 0 Å². The number of amides is 1. The summed E-state index contributed by atoms with van der Waals surface area (Å²) in [5, 5.41) is 3.24. The maximum Gasteiger partial charge on any atom is 0.405 e. The summed E-state index contributed by atoms with van der Waals surface area (Å²) in [6, 6.07) is 0.513. The van der Waals surface area contributed by atoms with Crippen molar-refractivity contribution < 1.29 is 9.53 Å². The molecule has 4 nitrogen and oxygen atoms in total. The van der Waals surface area contributed by atoms with Crippen LogP contribution in [0.1, 0.15) is 25.7 Å². The standard InChI is InChI=1S/C10H18N2O2/c1-12-8-4-2-3-5-9(7-6-8)14-10(11)13/h3,5,8-9,12H,2,4,6-7H2,1H3,(H2,11,13)/b5-3+. The van der Waals surface area contributed by atoms with Crippen molar-refractivity contribution in [3.05, 3.63) is 12.2 Å². The number of nitrogens with one attached hydrogen (secondary N) is 1. The fourth-order valence-corrected chi connectivity index (χ4v) is 1.69. The molecule has 14 heavy (non-hydrogen) atoms. The molecular formula is C10H18N2O2. The fraction of sp³-hybridized carbons (Fsp3) is 0.700. The fourth-order valence-electron chi connectivity index (χ4n) is 1.69. The smallest absolute Gasteiger partial charge is 0.405 e. The lowest BCUT2D eigenvalue weighted by molar-refractivity contribution is 0.121. The molecule has 0 aliphatic heterocycles. The first-order valence-electron chi connectivity index (χ1n) is 5.02. The van der Waals surface area contributed by atoms with E-state index in [1.807, 2.05) is 13.1 Å². The van der Waals surface area contributed by atoms with Gasteiger partial charge in [0, 0.05) is 6.04 Å². The van der Waals surface area contributed by atoms with Gasteiger partial charge in [0.05, 0.1) is 0 Å². The van der Waals surface area contributed by atoms with Gasteiger partial charge in [0.2, 0.25) is 0 Å². The molecule has 4 heteroatoms. The van der Waals surface area contributed by atoms with Gasteiger partial charge in [-0.25, -0.2) is 4.79 Å². The number of hydrogen-bond acceptors (Lipinski definition) is 3. The Balaban J connectivity index is 2.44. The first kappa shape index (κ1) is 11.0. The minimum Gasteiger partial charge on any atom is -0.442 e. The van der Waals surface area contributed by atoms with Crippen molar-refractivity contribution in [2.24, 2.45) is 5.73 Å². The number of hydrogen-bond donors (Lipinski definition) is 2. The van der Waals surface area contributed by atoms with Crippen LogP contribution in [0.4, 0.5) is 4.79 Å². The highest BCUT2D eigenvalue weighted by molar-refractivity contribution is 5.65. The summed E-state index contributed by atoms with van der Waals surface area (Å²) in [4.78, 5) is 10.6. The highest BCUT2D eigenvalue weighted by atomic mass is 16.6. The van der Waals surface area contributed by atoms with E-state index in [4.69, 9.17) is 10.5 Å². The molecule has 0 saturated carbocycles. The lowest BCUT2D eigenvalue weighted by Crippen LogP contribution is -2.29. The van der Waals surface area contributed by atoms with Crippen LogP contribution >= 0.6 is 0 Å². The Morgan fingerprint density at radius 1 is 1.50 bits per heavy atom. The van der Waals surface area contributed by atoms with E-state index < -0.39 is 6.09 Å². The van der Waals surface area contributed by atoms with Crippen molar-refractivity contribution >= 4 is 6.09 Å². The maximum atomic E-state index is 10.6. The van der Waals surface area contributed by atoms with Crippen molar-refractivity contribution in [2.45, 2.75) is 37.8 Å². The normalized spacial score (nSPS) is 30.1. The van der Waals surface area contributed by atoms with Gasteiger partial charge in [0.15, 0.2) is 0 Å². The highest BCUT2D eigenvalue weighted by Crippen LogP contribution is 2.14. The minimum absolute atomic E-state index is 0.149. The minimum atomic E-state index is -0.693. The molecule has 0 spiro atoms. The summed E-state index contributed by atoms with van der Waals surface area (Å²) >= 11 is 0. The van der Waals surface area contributed by atoms with Crippen LogP contribution in [-0.2, 0) is 4.74 Å². The van der Waals surface area contributed by atoms with Gasteiger partial charge in [0.25, 0.3) is 0 Å². The molecule has 0 radical (unpaired) electrons. The summed E-state index contributed by atoms with van der Waals surface area (Å²) in [5.74, 6) is 0. The van der Waals surface area contributed by atoms with E-state index in [1.165, 1.54) is 0 Å². The first-order chi connectivity index (χ1) is 6.72. The van der Waals surface area contributed by atoms with Crippen molar-refractivity contribution in [3.8, 4) is 0 Å². The van der Waals surface area contributed by atoms with Gasteiger partial charge in [-0.3, -0.25) is 0 Å². The second-order valence-corrected chi connectivity index (χ2v) is 3.54. The molecule has 1 amide bonds. The molecule has 1 aliphatic carbocycles. The molecule has 80 valence electrons. The molecule has 0 bridgehead atoms. The zero-order valence-electron chi connectivity index (χ0n) is 8.53. The van der Waals surface area contributed by atoms with E-state index in [1.54, 1.807) is 0 Å². The van der Waals surface area contributed by atoms with Gasteiger partial charge >= 0.3 is 6.09 Å². The predicted octanol–water partition coefficient (Wildman–Crippen LogP) is 1.17. The Hall–Kier alpha value is -1.03. The molecule has 0 saturated heterocycles. The van der Waals surface area contributed by atoms with Crippen molar-refractivity contribution in [1.29, 1.82) is 0 Å². The summed E-state index contributed by atoms with van der Waals surface area (Å²) in [6.07, 6.45) is 7.14. The van der Waals surface area contributed by atoms with Crippen molar-refractivity contribution in [3.63, 3.8) is 0 Å². The molecule has 0 heterocycles. The number of nitrogens with two attached hydrogens (primary N) is 1. The van der Waals surface area contributed by atoms with Crippen molar-refractivity contribution in [2.75, 3.05) is 7.05 Å². The molecule has 2 unspecified atom stereocenters. The summed E-state index contributed by atoms with van der Waals surface area (Å²) in [6.45, 7) is 0. The van der Waals surface area contributed by atoms with Gasteiger partial charge in [-0.05, 0) is 38.8 Å². The molecule has 2 atom stereocenters. The van der Waals surface area contributed by atoms with E-state index in [0.717, 1.165) is 25.7 Å². The van der Waals surface area contributed by atoms with Gasteiger partial charge in [-0.15, -0.1) is 0 Å². The van der Waals surface area contributed by atoms with Gasteiger partial charge in [-0.2, -0.15) is 0 Å².